The molecule has 1 aliphatic rings. The second-order valence-electron chi connectivity index (χ2n) is 6.60. The highest BCUT2D eigenvalue weighted by Gasteiger charge is 2.32. The number of aliphatic carboxylic acids is 1. The molecule has 21 heavy (non-hydrogen) atoms. The standard InChI is InChI=1S/C15H28N2O4/c1-15(2)7-5-12(6-8-15)16(3)14(20)17(9-10-21-4)11-13(18)19/h12H,5-11H2,1-4H3,(H,18,19). The van der Waals surface area contributed by atoms with Gasteiger partial charge in [-0.25, -0.2) is 4.79 Å². The predicted molar refractivity (Wildman–Crippen MR) is 80.3 cm³/mol. The van der Waals surface area contributed by atoms with E-state index in [0.29, 0.717) is 18.6 Å². The maximum atomic E-state index is 12.5. The third-order valence-electron chi connectivity index (χ3n) is 4.32. The van der Waals surface area contributed by atoms with Crippen molar-refractivity contribution in [3.63, 3.8) is 0 Å². The molecule has 1 aliphatic carbocycles. The highest BCUT2D eigenvalue weighted by atomic mass is 16.5. The summed E-state index contributed by atoms with van der Waals surface area (Å²) < 4.78 is 4.95. The van der Waals surface area contributed by atoms with E-state index in [1.165, 1.54) is 12.0 Å². The van der Waals surface area contributed by atoms with Crippen LogP contribution >= 0.6 is 0 Å². The van der Waals surface area contributed by atoms with Crippen LogP contribution in [0.5, 0.6) is 0 Å². The van der Waals surface area contributed by atoms with Gasteiger partial charge in [0.1, 0.15) is 6.54 Å². The molecule has 0 aromatic rings. The maximum absolute atomic E-state index is 12.5. The van der Waals surface area contributed by atoms with Crippen molar-refractivity contribution in [2.45, 2.75) is 45.6 Å². The molecule has 6 nitrogen and oxygen atoms in total. The van der Waals surface area contributed by atoms with Gasteiger partial charge in [0, 0.05) is 26.7 Å². The normalized spacial score (nSPS) is 18.3. The lowest BCUT2D eigenvalue weighted by molar-refractivity contribution is -0.137. The molecule has 1 fully saturated rings. The van der Waals surface area contributed by atoms with Crippen molar-refractivity contribution in [3.8, 4) is 0 Å². The number of rotatable bonds is 6. The van der Waals surface area contributed by atoms with Crippen molar-refractivity contribution >= 4 is 12.0 Å². The fraction of sp³-hybridized carbons (Fsp3) is 0.867. The summed E-state index contributed by atoms with van der Waals surface area (Å²) in [6.07, 6.45) is 4.12. The summed E-state index contributed by atoms with van der Waals surface area (Å²) in [6, 6.07) is -0.0245. The number of nitrogens with zero attached hydrogens (tertiary/aromatic N) is 2. The van der Waals surface area contributed by atoms with Crippen LogP contribution in [0.25, 0.3) is 0 Å². The van der Waals surface area contributed by atoms with Gasteiger partial charge in [-0.3, -0.25) is 4.79 Å². The maximum Gasteiger partial charge on any atom is 0.323 e. The fourth-order valence-electron chi connectivity index (χ4n) is 2.76. The molecule has 1 saturated carbocycles. The number of carbonyl (C=O) groups excluding carboxylic acids is 1. The first-order valence-electron chi connectivity index (χ1n) is 7.49. The molecule has 122 valence electrons. The van der Waals surface area contributed by atoms with E-state index in [4.69, 9.17) is 9.84 Å². The second kappa shape index (κ2) is 7.64. The van der Waals surface area contributed by atoms with Crippen LogP contribution in [-0.2, 0) is 9.53 Å². The highest BCUT2D eigenvalue weighted by molar-refractivity contribution is 5.80. The lowest BCUT2D eigenvalue weighted by Gasteiger charge is -2.40. The molecular weight excluding hydrogens is 272 g/mol. The minimum atomic E-state index is -1.00. The van der Waals surface area contributed by atoms with Gasteiger partial charge in [0.25, 0.3) is 0 Å². The van der Waals surface area contributed by atoms with Gasteiger partial charge in [-0.2, -0.15) is 0 Å². The summed E-state index contributed by atoms with van der Waals surface area (Å²) in [5, 5.41) is 8.94. The lowest BCUT2D eigenvalue weighted by atomic mass is 9.75. The van der Waals surface area contributed by atoms with Crippen LogP contribution in [0, 0.1) is 5.41 Å². The summed E-state index contributed by atoms with van der Waals surface area (Å²) in [7, 11) is 3.31. The molecular formula is C15H28N2O4. The number of amides is 2. The lowest BCUT2D eigenvalue weighted by Crippen LogP contribution is -2.49. The molecule has 1 rings (SSSR count). The molecule has 0 aliphatic heterocycles. The molecule has 0 spiro atoms. The van der Waals surface area contributed by atoms with Crippen LogP contribution in [0.3, 0.4) is 0 Å². The van der Waals surface area contributed by atoms with Crippen LogP contribution in [0.4, 0.5) is 4.79 Å². The number of urea groups is 1. The number of carboxylic acids is 1. The van der Waals surface area contributed by atoms with Crippen molar-refractivity contribution in [3.05, 3.63) is 0 Å². The Bertz CT molecular complexity index is 361. The molecule has 0 aromatic heterocycles. The van der Waals surface area contributed by atoms with Crippen molar-refractivity contribution in [1.29, 1.82) is 0 Å². The van der Waals surface area contributed by atoms with Gasteiger partial charge in [0.15, 0.2) is 0 Å². The molecule has 6 heteroatoms. The van der Waals surface area contributed by atoms with Crippen molar-refractivity contribution in [2.75, 3.05) is 33.9 Å². The number of ether oxygens (including phenoxy) is 1. The Balaban J connectivity index is 2.62. The fourth-order valence-corrected chi connectivity index (χ4v) is 2.76. The van der Waals surface area contributed by atoms with E-state index in [1.54, 1.807) is 11.9 Å². The third kappa shape index (κ3) is 5.53. The first-order chi connectivity index (χ1) is 9.76. The Kier molecular flexibility index (Phi) is 6.45. The van der Waals surface area contributed by atoms with E-state index in [1.807, 2.05) is 0 Å². The molecule has 0 atom stereocenters. The quantitative estimate of drug-likeness (QED) is 0.815. The van der Waals surface area contributed by atoms with Crippen LogP contribution in [-0.4, -0.2) is 66.8 Å². The van der Waals surface area contributed by atoms with Gasteiger partial charge in [-0.15, -0.1) is 0 Å². The number of carboxylic acid groups (broad SMARTS) is 1. The minimum absolute atomic E-state index is 0.198. The minimum Gasteiger partial charge on any atom is -0.480 e. The van der Waals surface area contributed by atoms with Crippen LogP contribution in [0.1, 0.15) is 39.5 Å². The third-order valence-corrected chi connectivity index (χ3v) is 4.32. The average Bonchev–Trinajstić information content (AvgIpc) is 2.41. The van der Waals surface area contributed by atoms with Gasteiger partial charge in [0.2, 0.25) is 0 Å². The van der Waals surface area contributed by atoms with E-state index in [2.05, 4.69) is 13.8 Å². The zero-order chi connectivity index (χ0) is 16.0. The van der Waals surface area contributed by atoms with Gasteiger partial charge < -0.3 is 19.6 Å². The predicted octanol–water partition coefficient (Wildman–Crippen LogP) is 2.04. The Hall–Kier alpha value is -1.30. The Morgan fingerprint density at radius 3 is 2.33 bits per heavy atom. The van der Waals surface area contributed by atoms with E-state index in [-0.39, 0.29) is 18.6 Å². The number of hydrogen-bond acceptors (Lipinski definition) is 3. The van der Waals surface area contributed by atoms with Gasteiger partial charge in [-0.1, -0.05) is 13.8 Å². The Morgan fingerprint density at radius 2 is 1.86 bits per heavy atom. The van der Waals surface area contributed by atoms with Crippen LogP contribution in [0.2, 0.25) is 0 Å². The Labute approximate surface area is 127 Å². The van der Waals surface area contributed by atoms with Gasteiger partial charge >= 0.3 is 12.0 Å². The molecule has 0 aromatic carbocycles. The Morgan fingerprint density at radius 1 is 1.29 bits per heavy atom. The zero-order valence-electron chi connectivity index (χ0n) is 13.6. The summed E-state index contributed by atoms with van der Waals surface area (Å²) >= 11 is 0. The largest absolute Gasteiger partial charge is 0.480 e. The molecule has 0 radical (unpaired) electrons. The van der Waals surface area contributed by atoms with E-state index >= 15 is 0 Å². The van der Waals surface area contributed by atoms with E-state index < -0.39 is 5.97 Å². The topological polar surface area (TPSA) is 70.1 Å². The average molecular weight is 300 g/mol. The number of methoxy groups -OCH3 is 1. The van der Waals surface area contributed by atoms with E-state index in [0.717, 1.165) is 25.7 Å². The molecule has 0 bridgehead atoms. The summed E-state index contributed by atoms with van der Waals surface area (Å²) in [5.74, 6) is -1.00. The highest BCUT2D eigenvalue weighted by Crippen LogP contribution is 2.36. The first kappa shape index (κ1) is 17.8. The molecule has 2 amide bonds. The molecule has 0 unspecified atom stereocenters. The summed E-state index contributed by atoms with van der Waals surface area (Å²) in [6.45, 7) is 4.85. The van der Waals surface area contributed by atoms with Crippen LogP contribution < -0.4 is 0 Å². The van der Waals surface area contributed by atoms with Crippen LogP contribution in [0.15, 0.2) is 0 Å². The molecule has 0 saturated heterocycles. The smallest absolute Gasteiger partial charge is 0.323 e. The van der Waals surface area contributed by atoms with Crippen molar-refractivity contribution in [1.82, 2.24) is 9.80 Å². The van der Waals surface area contributed by atoms with Crippen molar-refractivity contribution in [2.24, 2.45) is 5.41 Å². The van der Waals surface area contributed by atoms with Crippen molar-refractivity contribution < 1.29 is 19.4 Å². The summed E-state index contributed by atoms with van der Waals surface area (Å²) in [4.78, 5) is 26.4. The first-order valence-corrected chi connectivity index (χ1v) is 7.49. The van der Waals surface area contributed by atoms with Gasteiger partial charge in [0.05, 0.1) is 6.61 Å². The zero-order valence-corrected chi connectivity index (χ0v) is 13.6. The van der Waals surface area contributed by atoms with Gasteiger partial charge in [-0.05, 0) is 31.1 Å². The molecule has 0 heterocycles. The summed E-state index contributed by atoms with van der Waals surface area (Å²) in [5.41, 5.74) is 0.344. The SMILES string of the molecule is COCCN(CC(=O)O)C(=O)N(C)C1CCC(C)(C)CC1. The second-order valence-corrected chi connectivity index (χ2v) is 6.60. The monoisotopic (exact) mass is 300 g/mol. The number of carbonyl (C=O) groups is 2. The van der Waals surface area contributed by atoms with E-state index in [9.17, 15) is 9.59 Å². The molecule has 1 N–H and O–H groups in total. The number of hydrogen-bond donors (Lipinski definition) is 1.